The fourth-order valence-corrected chi connectivity index (χ4v) is 3.51. The van der Waals surface area contributed by atoms with Crippen LogP contribution in [-0.2, 0) is 9.53 Å². The smallest absolute Gasteiger partial charge is 0.236 e. The van der Waals surface area contributed by atoms with Crippen LogP contribution in [0.2, 0.25) is 0 Å². The van der Waals surface area contributed by atoms with Gasteiger partial charge in [0.05, 0.1) is 19.3 Å². The van der Waals surface area contributed by atoms with Crippen LogP contribution in [0.1, 0.15) is 43.8 Å². The van der Waals surface area contributed by atoms with Gasteiger partial charge in [0.2, 0.25) is 5.91 Å². The van der Waals surface area contributed by atoms with Crippen molar-refractivity contribution >= 4 is 5.91 Å². The van der Waals surface area contributed by atoms with Crippen molar-refractivity contribution in [3.05, 3.63) is 35.6 Å². The molecule has 2 aliphatic heterocycles. The van der Waals surface area contributed by atoms with Crippen molar-refractivity contribution in [3.63, 3.8) is 0 Å². The third-order valence-corrected chi connectivity index (χ3v) is 4.96. The zero-order valence-corrected chi connectivity index (χ0v) is 14.3. The molecule has 4 nitrogen and oxygen atoms in total. The number of carbonyl (C=O) groups excluding carboxylic acids is 1. The number of rotatable bonds is 3. The van der Waals surface area contributed by atoms with E-state index in [0.29, 0.717) is 19.7 Å². The Morgan fingerprint density at radius 1 is 1.04 bits per heavy atom. The molecule has 2 saturated heterocycles. The summed E-state index contributed by atoms with van der Waals surface area (Å²) in [7, 11) is 0. The molecule has 1 aromatic carbocycles. The minimum atomic E-state index is -0.237. The minimum Gasteiger partial charge on any atom is -0.371 e. The number of hydrogen-bond acceptors (Lipinski definition) is 3. The molecule has 1 unspecified atom stereocenters. The highest BCUT2D eigenvalue weighted by Crippen LogP contribution is 2.22. The van der Waals surface area contributed by atoms with E-state index < -0.39 is 0 Å². The summed E-state index contributed by atoms with van der Waals surface area (Å²) >= 11 is 0. The molecule has 0 N–H and O–H groups in total. The van der Waals surface area contributed by atoms with Gasteiger partial charge in [0.25, 0.3) is 0 Å². The first kappa shape index (κ1) is 17.4. The maximum atomic E-state index is 13.1. The van der Waals surface area contributed by atoms with Gasteiger partial charge in [0, 0.05) is 26.2 Å². The van der Waals surface area contributed by atoms with E-state index in [9.17, 15) is 9.18 Å². The van der Waals surface area contributed by atoms with Crippen LogP contribution in [-0.4, -0.2) is 55.0 Å². The molecule has 0 aliphatic carbocycles. The van der Waals surface area contributed by atoms with E-state index in [1.807, 2.05) is 4.90 Å². The molecule has 0 bridgehead atoms. The van der Waals surface area contributed by atoms with E-state index in [2.05, 4.69) is 4.90 Å². The Morgan fingerprint density at radius 2 is 1.71 bits per heavy atom. The van der Waals surface area contributed by atoms with Crippen molar-refractivity contribution < 1.29 is 13.9 Å². The van der Waals surface area contributed by atoms with E-state index in [4.69, 9.17) is 4.74 Å². The Labute approximate surface area is 143 Å². The number of ether oxygens (including phenoxy) is 1. The fraction of sp³-hybridized carbons (Fsp3) is 0.632. The summed E-state index contributed by atoms with van der Waals surface area (Å²) in [6.07, 6.45) is 5.91. The molecule has 2 fully saturated rings. The summed E-state index contributed by atoms with van der Waals surface area (Å²) in [6, 6.07) is 6.46. The highest BCUT2D eigenvalue weighted by molar-refractivity contribution is 5.78. The van der Waals surface area contributed by atoms with Crippen LogP contribution in [0.3, 0.4) is 0 Å². The van der Waals surface area contributed by atoms with Crippen LogP contribution < -0.4 is 0 Å². The molecular formula is C19H27FN2O2. The van der Waals surface area contributed by atoms with Gasteiger partial charge in [0.1, 0.15) is 5.82 Å². The van der Waals surface area contributed by atoms with Gasteiger partial charge in [-0.15, -0.1) is 0 Å². The monoisotopic (exact) mass is 334 g/mol. The van der Waals surface area contributed by atoms with Crippen LogP contribution in [0.15, 0.2) is 24.3 Å². The van der Waals surface area contributed by atoms with Crippen LogP contribution in [0, 0.1) is 5.82 Å². The average Bonchev–Trinajstić information content (AvgIpc) is 2.55. The molecule has 0 aromatic heterocycles. The van der Waals surface area contributed by atoms with Crippen molar-refractivity contribution in [3.8, 4) is 0 Å². The highest BCUT2D eigenvalue weighted by atomic mass is 19.1. The first-order chi connectivity index (χ1) is 11.7. The van der Waals surface area contributed by atoms with Crippen LogP contribution >= 0.6 is 0 Å². The van der Waals surface area contributed by atoms with E-state index >= 15 is 0 Å². The van der Waals surface area contributed by atoms with Gasteiger partial charge in [-0.1, -0.05) is 31.4 Å². The van der Waals surface area contributed by atoms with Crippen LogP contribution in [0.4, 0.5) is 4.39 Å². The van der Waals surface area contributed by atoms with Crippen LogP contribution in [0.5, 0.6) is 0 Å². The lowest BCUT2D eigenvalue weighted by molar-refractivity contribution is -0.134. The Bertz CT molecular complexity index is 527. The third kappa shape index (κ3) is 4.77. The number of likely N-dealkylation sites (tertiary alicyclic amines) is 1. The quantitative estimate of drug-likeness (QED) is 0.852. The van der Waals surface area contributed by atoms with Crippen LogP contribution in [0.25, 0.3) is 0 Å². The van der Waals surface area contributed by atoms with Crippen molar-refractivity contribution in [2.24, 2.45) is 0 Å². The summed E-state index contributed by atoms with van der Waals surface area (Å²) in [5.41, 5.74) is 0.972. The van der Waals surface area contributed by atoms with Crippen molar-refractivity contribution in [2.75, 3.05) is 39.3 Å². The SMILES string of the molecule is O=C(CN1CCOC(c2ccc(F)cc2)C1)N1CCCCCCC1. The van der Waals surface area contributed by atoms with Gasteiger partial charge in [-0.25, -0.2) is 4.39 Å². The predicted octanol–water partition coefficient (Wildman–Crippen LogP) is 2.99. The lowest BCUT2D eigenvalue weighted by Crippen LogP contribution is -2.46. The van der Waals surface area contributed by atoms with Gasteiger partial charge in [-0.05, 0) is 30.5 Å². The largest absolute Gasteiger partial charge is 0.371 e. The van der Waals surface area contributed by atoms with E-state index in [1.54, 1.807) is 12.1 Å². The predicted molar refractivity (Wildman–Crippen MR) is 91.2 cm³/mol. The number of carbonyl (C=O) groups is 1. The van der Waals surface area contributed by atoms with Gasteiger partial charge >= 0.3 is 0 Å². The fourth-order valence-electron chi connectivity index (χ4n) is 3.51. The molecule has 2 aliphatic rings. The van der Waals surface area contributed by atoms with E-state index in [1.165, 1.54) is 31.4 Å². The molecule has 0 saturated carbocycles. The number of amides is 1. The molecule has 0 spiro atoms. The Kier molecular flexibility index (Phi) is 6.21. The van der Waals surface area contributed by atoms with E-state index in [-0.39, 0.29) is 17.8 Å². The summed E-state index contributed by atoms with van der Waals surface area (Å²) in [4.78, 5) is 16.8. The lowest BCUT2D eigenvalue weighted by Gasteiger charge is -2.34. The normalized spacial score (nSPS) is 23.5. The average molecular weight is 334 g/mol. The third-order valence-electron chi connectivity index (χ3n) is 4.96. The number of nitrogens with zero attached hydrogens (tertiary/aromatic N) is 2. The standard InChI is InChI=1S/C19H27FN2O2/c20-17-8-6-16(7-9-17)18-14-21(12-13-24-18)15-19(23)22-10-4-2-1-3-5-11-22/h6-9,18H,1-5,10-15H2. The Morgan fingerprint density at radius 3 is 2.42 bits per heavy atom. The highest BCUT2D eigenvalue weighted by Gasteiger charge is 2.25. The van der Waals surface area contributed by atoms with Gasteiger partial charge < -0.3 is 9.64 Å². The Balaban J connectivity index is 1.54. The van der Waals surface area contributed by atoms with Crippen molar-refractivity contribution in [1.82, 2.24) is 9.80 Å². The first-order valence-electron chi connectivity index (χ1n) is 9.09. The van der Waals surface area contributed by atoms with Crippen molar-refractivity contribution in [1.29, 1.82) is 0 Å². The second-order valence-corrected chi connectivity index (χ2v) is 6.79. The summed E-state index contributed by atoms with van der Waals surface area (Å²) < 4.78 is 18.9. The molecule has 1 amide bonds. The van der Waals surface area contributed by atoms with Gasteiger partial charge in [-0.2, -0.15) is 0 Å². The van der Waals surface area contributed by atoms with E-state index in [0.717, 1.165) is 38.0 Å². The molecule has 3 rings (SSSR count). The van der Waals surface area contributed by atoms with Crippen molar-refractivity contribution in [2.45, 2.75) is 38.2 Å². The molecule has 5 heteroatoms. The summed E-state index contributed by atoms with van der Waals surface area (Å²) in [6.45, 7) is 4.31. The molecule has 24 heavy (non-hydrogen) atoms. The maximum absolute atomic E-state index is 13.1. The first-order valence-corrected chi connectivity index (χ1v) is 9.09. The number of halogens is 1. The Hall–Kier alpha value is -1.46. The molecule has 1 aromatic rings. The molecule has 2 heterocycles. The van der Waals surface area contributed by atoms with Gasteiger partial charge in [-0.3, -0.25) is 9.69 Å². The molecule has 132 valence electrons. The number of benzene rings is 1. The molecular weight excluding hydrogens is 307 g/mol. The van der Waals surface area contributed by atoms with Gasteiger partial charge in [0.15, 0.2) is 0 Å². The second-order valence-electron chi connectivity index (χ2n) is 6.79. The lowest BCUT2D eigenvalue weighted by atomic mass is 10.1. The maximum Gasteiger partial charge on any atom is 0.236 e. The number of hydrogen-bond donors (Lipinski definition) is 0. The topological polar surface area (TPSA) is 32.8 Å². The minimum absolute atomic E-state index is 0.0838. The zero-order chi connectivity index (χ0) is 16.8. The molecule has 0 radical (unpaired) electrons. The number of morpholine rings is 1. The summed E-state index contributed by atoms with van der Waals surface area (Å²) in [5.74, 6) is -0.00432. The summed E-state index contributed by atoms with van der Waals surface area (Å²) in [5, 5.41) is 0. The molecule has 1 atom stereocenters. The zero-order valence-electron chi connectivity index (χ0n) is 14.3. The second kappa shape index (κ2) is 8.58.